The Kier molecular flexibility index (Phi) is 4.62. The smallest absolute Gasteiger partial charge is 0.334 e. The molecule has 0 aromatic heterocycles. The number of ether oxygens (including phenoxy) is 1. The molecule has 3 nitrogen and oxygen atoms in total. The molecule has 120 valence electrons. The number of esters is 1. The molecule has 0 saturated heterocycles. The fraction of sp³-hybridized carbons (Fsp3) is 0.316. The molecule has 1 atom stereocenters. The van der Waals surface area contributed by atoms with Crippen LogP contribution in [0.3, 0.4) is 0 Å². The van der Waals surface area contributed by atoms with Gasteiger partial charge in [0.2, 0.25) is 0 Å². The molecule has 0 radical (unpaired) electrons. The number of aryl methyl sites for hydroxylation is 1. The second-order valence-corrected chi connectivity index (χ2v) is 7.31. The van der Waals surface area contributed by atoms with Crippen LogP contribution in [-0.2, 0) is 20.3 Å². The van der Waals surface area contributed by atoms with Crippen LogP contribution in [0, 0.1) is 6.92 Å². The van der Waals surface area contributed by atoms with Gasteiger partial charge in [-0.05, 0) is 47.9 Å². The van der Waals surface area contributed by atoms with Crippen molar-refractivity contribution in [2.75, 3.05) is 12.4 Å². The molecule has 2 aromatic carbocycles. The highest BCUT2D eigenvalue weighted by Crippen LogP contribution is 2.30. The van der Waals surface area contributed by atoms with Gasteiger partial charge in [0, 0.05) is 4.90 Å². The minimum atomic E-state index is -1.20. The number of unbranched alkanes of at least 4 members (excludes halogenated alkanes) is 1. The van der Waals surface area contributed by atoms with Crippen LogP contribution in [-0.4, -0.2) is 22.5 Å². The third-order valence-corrected chi connectivity index (χ3v) is 5.40. The summed E-state index contributed by atoms with van der Waals surface area (Å²) in [6, 6.07) is 10.2. The standard InChI is InChI=1S/C19H20O3S/c1-3-4-7-22-19(20)17-10-16-9-14-6-5-13(2)8-15(14)11-18(16)23(21)12-17/h5-6,8-11H,3-4,7,12H2,1-2H3. The third kappa shape index (κ3) is 3.37. The van der Waals surface area contributed by atoms with E-state index in [2.05, 4.69) is 18.2 Å². The van der Waals surface area contributed by atoms with Gasteiger partial charge in [0.15, 0.2) is 0 Å². The quantitative estimate of drug-likeness (QED) is 0.629. The molecule has 1 aliphatic heterocycles. The first-order valence-corrected chi connectivity index (χ1v) is 9.21. The zero-order valence-electron chi connectivity index (χ0n) is 13.4. The van der Waals surface area contributed by atoms with E-state index in [-0.39, 0.29) is 11.7 Å². The maximum atomic E-state index is 12.5. The molecule has 1 unspecified atom stereocenters. The first kappa shape index (κ1) is 15.9. The SMILES string of the molecule is CCCCOC(=O)C1=Cc2cc3ccc(C)cc3cc2S(=O)C1. The Morgan fingerprint density at radius 2 is 2.04 bits per heavy atom. The number of hydrogen-bond acceptors (Lipinski definition) is 3. The molecule has 0 spiro atoms. The lowest BCUT2D eigenvalue weighted by Gasteiger charge is -2.16. The molecule has 1 aliphatic rings. The fourth-order valence-corrected chi connectivity index (χ4v) is 3.97. The second-order valence-electron chi connectivity index (χ2n) is 5.89. The number of fused-ring (bicyclic) bond motifs is 2. The van der Waals surface area contributed by atoms with E-state index in [0.29, 0.717) is 12.2 Å². The van der Waals surface area contributed by atoms with E-state index in [1.165, 1.54) is 5.56 Å². The summed E-state index contributed by atoms with van der Waals surface area (Å²) in [4.78, 5) is 12.9. The van der Waals surface area contributed by atoms with Crippen LogP contribution in [0.4, 0.5) is 0 Å². The van der Waals surface area contributed by atoms with Crippen molar-refractivity contribution in [1.29, 1.82) is 0 Å². The van der Waals surface area contributed by atoms with Crippen LogP contribution in [0.1, 0.15) is 30.9 Å². The molecule has 0 amide bonds. The molecule has 4 heteroatoms. The summed E-state index contributed by atoms with van der Waals surface area (Å²) >= 11 is 0. The average Bonchev–Trinajstić information content (AvgIpc) is 2.53. The molecule has 0 aliphatic carbocycles. The minimum absolute atomic E-state index is 0.231. The highest BCUT2D eigenvalue weighted by atomic mass is 32.2. The van der Waals surface area contributed by atoms with Gasteiger partial charge < -0.3 is 4.74 Å². The van der Waals surface area contributed by atoms with Crippen molar-refractivity contribution in [2.45, 2.75) is 31.6 Å². The van der Waals surface area contributed by atoms with E-state index in [0.717, 1.165) is 34.1 Å². The van der Waals surface area contributed by atoms with E-state index in [4.69, 9.17) is 4.74 Å². The topological polar surface area (TPSA) is 43.4 Å². The van der Waals surface area contributed by atoms with Crippen LogP contribution in [0.2, 0.25) is 0 Å². The molecule has 0 saturated carbocycles. The largest absolute Gasteiger partial charge is 0.462 e. The van der Waals surface area contributed by atoms with Crippen molar-refractivity contribution in [2.24, 2.45) is 0 Å². The summed E-state index contributed by atoms with van der Waals surface area (Å²) in [6.07, 6.45) is 3.65. The predicted octanol–water partition coefficient (Wildman–Crippen LogP) is 4.00. The van der Waals surface area contributed by atoms with Crippen LogP contribution >= 0.6 is 0 Å². The summed E-state index contributed by atoms with van der Waals surface area (Å²) < 4.78 is 17.8. The van der Waals surface area contributed by atoms with Gasteiger partial charge >= 0.3 is 5.97 Å². The molecule has 23 heavy (non-hydrogen) atoms. The highest BCUT2D eigenvalue weighted by Gasteiger charge is 2.23. The number of rotatable bonds is 4. The van der Waals surface area contributed by atoms with Gasteiger partial charge in [-0.3, -0.25) is 4.21 Å². The lowest BCUT2D eigenvalue weighted by Crippen LogP contribution is -2.18. The van der Waals surface area contributed by atoms with Gasteiger partial charge in [-0.25, -0.2) is 4.79 Å². The Morgan fingerprint density at radius 3 is 2.83 bits per heavy atom. The lowest BCUT2D eigenvalue weighted by molar-refractivity contribution is -0.138. The Balaban J connectivity index is 1.96. The normalized spacial score (nSPS) is 16.8. The Morgan fingerprint density at radius 1 is 1.22 bits per heavy atom. The van der Waals surface area contributed by atoms with Crippen LogP contribution in [0.15, 0.2) is 40.8 Å². The molecule has 3 rings (SSSR count). The van der Waals surface area contributed by atoms with Crippen molar-refractivity contribution in [3.8, 4) is 0 Å². The third-order valence-electron chi connectivity index (χ3n) is 3.98. The van der Waals surface area contributed by atoms with E-state index < -0.39 is 10.8 Å². The summed E-state index contributed by atoms with van der Waals surface area (Å²) in [5.41, 5.74) is 2.53. The van der Waals surface area contributed by atoms with Crippen LogP contribution in [0.25, 0.3) is 16.8 Å². The van der Waals surface area contributed by atoms with Gasteiger partial charge in [0.25, 0.3) is 0 Å². The zero-order valence-corrected chi connectivity index (χ0v) is 14.2. The summed E-state index contributed by atoms with van der Waals surface area (Å²) in [5, 5.41) is 2.17. The minimum Gasteiger partial charge on any atom is -0.462 e. The Bertz CT molecular complexity index is 821. The van der Waals surface area contributed by atoms with Crippen molar-refractivity contribution in [3.05, 3.63) is 47.0 Å². The summed E-state index contributed by atoms with van der Waals surface area (Å²) in [5.74, 6) is -0.114. The molecule has 2 aromatic rings. The summed E-state index contributed by atoms with van der Waals surface area (Å²) in [7, 11) is -1.20. The van der Waals surface area contributed by atoms with Gasteiger partial charge in [-0.1, -0.05) is 37.1 Å². The van der Waals surface area contributed by atoms with Crippen molar-refractivity contribution in [3.63, 3.8) is 0 Å². The molecular formula is C19H20O3S. The molecule has 0 fully saturated rings. The number of hydrogen-bond donors (Lipinski definition) is 0. The van der Waals surface area contributed by atoms with Gasteiger partial charge in [-0.15, -0.1) is 0 Å². The monoisotopic (exact) mass is 328 g/mol. The molecular weight excluding hydrogens is 308 g/mol. The maximum absolute atomic E-state index is 12.5. The lowest BCUT2D eigenvalue weighted by atomic mass is 10.0. The number of benzene rings is 2. The second kappa shape index (κ2) is 6.67. The number of carbonyl (C=O) groups excluding carboxylic acids is 1. The van der Waals surface area contributed by atoms with Gasteiger partial charge in [0.1, 0.15) is 0 Å². The molecule has 1 heterocycles. The zero-order chi connectivity index (χ0) is 16.4. The Hall–Kier alpha value is -1.94. The number of carbonyl (C=O) groups is 1. The predicted molar refractivity (Wildman–Crippen MR) is 93.8 cm³/mol. The highest BCUT2D eigenvalue weighted by molar-refractivity contribution is 7.85. The van der Waals surface area contributed by atoms with Crippen LogP contribution in [0.5, 0.6) is 0 Å². The average molecular weight is 328 g/mol. The first-order valence-electron chi connectivity index (χ1n) is 7.89. The van der Waals surface area contributed by atoms with E-state index >= 15 is 0 Å². The molecule has 0 N–H and O–H groups in total. The van der Waals surface area contributed by atoms with Crippen molar-refractivity contribution < 1.29 is 13.7 Å². The molecule has 0 bridgehead atoms. The van der Waals surface area contributed by atoms with E-state index in [1.807, 2.05) is 32.1 Å². The summed E-state index contributed by atoms with van der Waals surface area (Å²) in [6.45, 7) is 4.51. The van der Waals surface area contributed by atoms with Gasteiger partial charge in [0.05, 0.1) is 28.7 Å². The van der Waals surface area contributed by atoms with Crippen LogP contribution < -0.4 is 0 Å². The van der Waals surface area contributed by atoms with E-state index in [9.17, 15) is 9.00 Å². The maximum Gasteiger partial charge on any atom is 0.334 e. The van der Waals surface area contributed by atoms with Gasteiger partial charge in [-0.2, -0.15) is 0 Å². The fourth-order valence-electron chi connectivity index (χ4n) is 2.69. The Labute approximate surface area is 138 Å². The van der Waals surface area contributed by atoms with E-state index in [1.54, 1.807) is 0 Å². The first-order chi connectivity index (χ1) is 11.1. The van der Waals surface area contributed by atoms with Crippen molar-refractivity contribution in [1.82, 2.24) is 0 Å². The van der Waals surface area contributed by atoms with Crippen molar-refractivity contribution >= 4 is 33.6 Å².